The predicted molar refractivity (Wildman–Crippen MR) is 142 cm³/mol. The number of rotatable bonds is 8. The number of fused-ring (bicyclic) bond motifs is 2. The largest absolute Gasteiger partial charge is 0.477 e. The van der Waals surface area contributed by atoms with E-state index >= 15 is 0 Å². The minimum Gasteiger partial charge on any atom is -0.477 e. The van der Waals surface area contributed by atoms with E-state index in [0.717, 1.165) is 74.5 Å². The van der Waals surface area contributed by atoms with Crippen molar-refractivity contribution in [3.8, 4) is 5.88 Å². The van der Waals surface area contributed by atoms with Gasteiger partial charge in [-0.05, 0) is 55.8 Å². The Labute approximate surface area is 214 Å². The first-order chi connectivity index (χ1) is 17.8. The van der Waals surface area contributed by atoms with E-state index < -0.39 is 0 Å². The molecule has 1 aliphatic carbocycles. The van der Waals surface area contributed by atoms with Crippen LogP contribution in [0.4, 0.5) is 5.82 Å². The van der Waals surface area contributed by atoms with E-state index in [0.29, 0.717) is 12.0 Å². The monoisotopic (exact) mass is 489 g/mol. The average Bonchev–Trinajstić information content (AvgIpc) is 3.37. The summed E-state index contributed by atoms with van der Waals surface area (Å²) in [6.45, 7) is 6.92. The van der Waals surface area contributed by atoms with Crippen LogP contribution in [0.2, 0.25) is 0 Å². The van der Waals surface area contributed by atoms with Crippen molar-refractivity contribution >= 4 is 16.8 Å². The summed E-state index contributed by atoms with van der Waals surface area (Å²) < 4.78 is 11.7. The second-order valence-corrected chi connectivity index (χ2v) is 11.0. The number of piperidine rings is 1. The lowest BCUT2D eigenvalue weighted by Crippen LogP contribution is -2.57. The van der Waals surface area contributed by atoms with Crippen molar-refractivity contribution in [2.75, 3.05) is 44.2 Å². The molecule has 6 rings (SSSR count). The minimum absolute atomic E-state index is 0.555. The fourth-order valence-corrected chi connectivity index (χ4v) is 6.30. The third-order valence-electron chi connectivity index (χ3n) is 8.41. The van der Waals surface area contributed by atoms with Crippen LogP contribution in [0.1, 0.15) is 50.5 Å². The zero-order valence-electron chi connectivity index (χ0n) is 21.3. The molecular formula is C29H39N5O2. The molecule has 0 unspecified atom stereocenters. The fourth-order valence-electron chi connectivity index (χ4n) is 6.30. The second-order valence-electron chi connectivity index (χ2n) is 11.0. The molecule has 0 bridgehead atoms. The number of para-hydroxylation sites is 1. The minimum atomic E-state index is 0.555. The van der Waals surface area contributed by atoms with Gasteiger partial charge in [-0.25, -0.2) is 4.98 Å². The van der Waals surface area contributed by atoms with Gasteiger partial charge in [0, 0.05) is 56.9 Å². The van der Waals surface area contributed by atoms with Gasteiger partial charge < -0.3 is 19.5 Å². The standard InChI is InChI=1S/C29H39N5O2/c1-2-6-22(7-3-1)16-30-17-23-11-13-28(31-18-23)35-21-24-10-12-25-20-34(15-14-33(25)19-24)29-26-8-4-5-9-27(26)36-32-29/h4-5,8-9,11,13,18,22,24-25,30H,1-3,6-7,10,12,14-17,19-21H2/t24-,25+/m1/s1. The number of aromatic nitrogens is 2. The predicted octanol–water partition coefficient (Wildman–Crippen LogP) is 4.87. The number of pyridine rings is 1. The molecule has 2 atom stereocenters. The van der Waals surface area contributed by atoms with Crippen LogP contribution in [0.3, 0.4) is 0 Å². The van der Waals surface area contributed by atoms with Gasteiger partial charge in [-0.1, -0.05) is 42.6 Å². The van der Waals surface area contributed by atoms with E-state index in [1.807, 2.05) is 24.4 Å². The number of hydrogen-bond acceptors (Lipinski definition) is 7. The van der Waals surface area contributed by atoms with Crippen molar-refractivity contribution in [1.29, 1.82) is 0 Å². The Morgan fingerprint density at radius 1 is 0.944 bits per heavy atom. The maximum absolute atomic E-state index is 6.12. The molecule has 7 nitrogen and oxygen atoms in total. The van der Waals surface area contributed by atoms with Gasteiger partial charge in [0.05, 0.1) is 12.0 Å². The Bertz CT molecular complexity index is 1110. The SMILES string of the molecule is c1ccc2c(N3CCN4C[C@H](COc5ccc(CNCC6CCCCC6)cn5)CC[C@H]4C3)noc2c1. The number of ether oxygens (including phenoxy) is 1. The van der Waals surface area contributed by atoms with E-state index in [1.165, 1.54) is 50.5 Å². The van der Waals surface area contributed by atoms with Gasteiger partial charge >= 0.3 is 0 Å². The zero-order valence-corrected chi connectivity index (χ0v) is 21.3. The number of nitrogens with one attached hydrogen (secondary N) is 1. The number of hydrogen-bond donors (Lipinski definition) is 1. The molecule has 7 heteroatoms. The Hall–Kier alpha value is -2.64. The van der Waals surface area contributed by atoms with E-state index in [2.05, 4.69) is 43.5 Å². The highest BCUT2D eigenvalue weighted by Gasteiger charge is 2.34. The summed E-state index contributed by atoms with van der Waals surface area (Å²) in [4.78, 5) is 9.62. The number of anilines is 1. The first kappa shape index (κ1) is 23.7. The van der Waals surface area contributed by atoms with Crippen LogP contribution < -0.4 is 15.0 Å². The quantitative estimate of drug-likeness (QED) is 0.484. The molecule has 2 aromatic heterocycles. The Kier molecular flexibility index (Phi) is 7.37. The van der Waals surface area contributed by atoms with Gasteiger partial charge in [0.25, 0.3) is 0 Å². The average molecular weight is 490 g/mol. The molecule has 36 heavy (non-hydrogen) atoms. The summed E-state index contributed by atoms with van der Waals surface area (Å²) in [7, 11) is 0. The van der Waals surface area contributed by atoms with Crippen LogP contribution in [-0.4, -0.2) is 60.4 Å². The first-order valence-corrected chi connectivity index (χ1v) is 13.9. The lowest BCUT2D eigenvalue weighted by atomic mass is 9.89. The van der Waals surface area contributed by atoms with E-state index in [-0.39, 0.29) is 0 Å². The summed E-state index contributed by atoms with van der Waals surface area (Å²) >= 11 is 0. The molecule has 0 spiro atoms. The molecule has 1 aromatic carbocycles. The third-order valence-corrected chi connectivity index (χ3v) is 8.41. The van der Waals surface area contributed by atoms with Crippen LogP contribution in [0.25, 0.3) is 11.0 Å². The Morgan fingerprint density at radius 3 is 2.75 bits per heavy atom. The van der Waals surface area contributed by atoms with Crippen LogP contribution >= 0.6 is 0 Å². The summed E-state index contributed by atoms with van der Waals surface area (Å²) in [5.41, 5.74) is 2.10. The van der Waals surface area contributed by atoms with Gasteiger partial charge in [-0.3, -0.25) is 4.90 Å². The van der Waals surface area contributed by atoms with Crippen LogP contribution in [0, 0.1) is 11.8 Å². The molecule has 4 heterocycles. The van der Waals surface area contributed by atoms with E-state index in [9.17, 15) is 0 Å². The summed E-state index contributed by atoms with van der Waals surface area (Å²) in [5, 5.41) is 9.12. The highest BCUT2D eigenvalue weighted by molar-refractivity contribution is 5.88. The van der Waals surface area contributed by atoms with Gasteiger partial charge in [-0.15, -0.1) is 0 Å². The van der Waals surface area contributed by atoms with E-state index in [1.54, 1.807) is 0 Å². The van der Waals surface area contributed by atoms with Crippen LogP contribution in [0.5, 0.6) is 5.88 Å². The van der Waals surface area contributed by atoms with Crippen LogP contribution in [0.15, 0.2) is 47.1 Å². The molecule has 1 saturated carbocycles. The molecule has 0 radical (unpaired) electrons. The Balaban J connectivity index is 0.941. The summed E-state index contributed by atoms with van der Waals surface area (Å²) in [6, 6.07) is 12.9. The second kappa shape index (κ2) is 11.2. The summed E-state index contributed by atoms with van der Waals surface area (Å²) in [5.74, 6) is 3.15. The normalized spacial score (nSPS) is 23.6. The van der Waals surface area contributed by atoms with Crippen molar-refractivity contribution in [1.82, 2.24) is 20.4 Å². The van der Waals surface area contributed by atoms with E-state index in [4.69, 9.17) is 9.26 Å². The number of nitrogens with zero attached hydrogens (tertiary/aromatic N) is 4. The molecule has 0 amide bonds. The molecular weight excluding hydrogens is 450 g/mol. The van der Waals surface area contributed by atoms with Crippen molar-refractivity contribution < 1.29 is 9.26 Å². The third kappa shape index (κ3) is 5.52. The molecule has 2 saturated heterocycles. The lowest BCUT2D eigenvalue weighted by Gasteiger charge is -2.46. The Morgan fingerprint density at radius 2 is 1.86 bits per heavy atom. The highest BCUT2D eigenvalue weighted by atomic mass is 16.5. The van der Waals surface area contributed by atoms with Crippen molar-refractivity contribution in [3.05, 3.63) is 48.2 Å². The molecule has 2 aliphatic heterocycles. The van der Waals surface area contributed by atoms with Crippen molar-refractivity contribution in [3.63, 3.8) is 0 Å². The molecule has 3 aromatic rings. The van der Waals surface area contributed by atoms with Gasteiger partial charge in [0.2, 0.25) is 5.88 Å². The zero-order chi connectivity index (χ0) is 24.2. The maximum Gasteiger partial charge on any atom is 0.213 e. The smallest absolute Gasteiger partial charge is 0.213 e. The van der Waals surface area contributed by atoms with Gasteiger partial charge in [0.15, 0.2) is 11.4 Å². The topological polar surface area (TPSA) is 66.7 Å². The number of piperazine rings is 1. The van der Waals surface area contributed by atoms with Gasteiger partial charge in [0.1, 0.15) is 0 Å². The fraction of sp³-hybridized carbons (Fsp3) is 0.586. The molecule has 3 aliphatic rings. The highest BCUT2D eigenvalue weighted by Crippen LogP contribution is 2.31. The maximum atomic E-state index is 6.12. The molecule has 192 valence electrons. The van der Waals surface area contributed by atoms with Crippen molar-refractivity contribution in [2.24, 2.45) is 11.8 Å². The molecule has 1 N–H and O–H groups in total. The van der Waals surface area contributed by atoms with Gasteiger partial charge in [-0.2, -0.15) is 0 Å². The van der Waals surface area contributed by atoms with Crippen molar-refractivity contribution in [2.45, 2.75) is 57.5 Å². The lowest BCUT2D eigenvalue weighted by molar-refractivity contribution is 0.0717. The molecule has 3 fully saturated rings. The van der Waals surface area contributed by atoms with Crippen LogP contribution in [-0.2, 0) is 6.54 Å². The summed E-state index contributed by atoms with van der Waals surface area (Å²) in [6.07, 6.45) is 11.3. The number of benzene rings is 1. The first-order valence-electron chi connectivity index (χ1n) is 13.9.